The number of aromatic amines is 1. The number of aromatic nitrogens is 6. The van der Waals surface area contributed by atoms with E-state index >= 15 is 0 Å². The third-order valence-corrected chi connectivity index (χ3v) is 5.55. The first kappa shape index (κ1) is 16.8. The molecule has 142 valence electrons. The number of H-pyrrole nitrogens is 1. The Labute approximate surface area is 161 Å². The van der Waals surface area contributed by atoms with Crippen molar-refractivity contribution in [3.8, 4) is 0 Å². The SMILES string of the molecule is O=C(c1cnc(NC2(c3cncnc3)CC2)nc1)N1CCC(c2ccn[nH]2)C1. The zero-order chi connectivity index (χ0) is 19.0. The van der Waals surface area contributed by atoms with E-state index in [0.717, 1.165) is 37.1 Å². The summed E-state index contributed by atoms with van der Waals surface area (Å²) in [6, 6.07) is 1.97. The molecule has 1 saturated carbocycles. The molecule has 4 heterocycles. The molecule has 2 aliphatic rings. The minimum atomic E-state index is -0.195. The first-order valence-corrected chi connectivity index (χ1v) is 9.38. The van der Waals surface area contributed by atoms with Gasteiger partial charge in [-0.25, -0.2) is 19.9 Å². The molecule has 2 fully saturated rings. The summed E-state index contributed by atoms with van der Waals surface area (Å²) in [5.74, 6) is 0.775. The average molecular weight is 376 g/mol. The summed E-state index contributed by atoms with van der Waals surface area (Å²) < 4.78 is 0. The lowest BCUT2D eigenvalue weighted by Gasteiger charge is -2.18. The number of likely N-dealkylation sites (tertiary alicyclic amines) is 1. The molecule has 0 spiro atoms. The van der Waals surface area contributed by atoms with Gasteiger partial charge in [-0.2, -0.15) is 5.10 Å². The van der Waals surface area contributed by atoms with E-state index in [9.17, 15) is 4.79 Å². The second-order valence-electron chi connectivity index (χ2n) is 7.38. The van der Waals surface area contributed by atoms with Crippen LogP contribution in [0.1, 0.15) is 46.8 Å². The summed E-state index contributed by atoms with van der Waals surface area (Å²) >= 11 is 0. The second kappa shape index (κ2) is 6.66. The minimum absolute atomic E-state index is 0.0360. The molecule has 2 N–H and O–H groups in total. The summed E-state index contributed by atoms with van der Waals surface area (Å²) in [7, 11) is 0. The van der Waals surface area contributed by atoms with Crippen LogP contribution in [-0.4, -0.2) is 54.0 Å². The molecule has 3 aromatic heterocycles. The number of rotatable bonds is 5. The Morgan fingerprint density at radius 2 is 1.96 bits per heavy atom. The quantitative estimate of drug-likeness (QED) is 0.697. The average Bonchev–Trinajstić information content (AvgIpc) is 3.14. The van der Waals surface area contributed by atoms with E-state index in [1.807, 2.05) is 23.4 Å². The highest BCUT2D eigenvalue weighted by Gasteiger charge is 2.45. The van der Waals surface area contributed by atoms with E-state index in [1.54, 1.807) is 18.6 Å². The van der Waals surface area contributed by atoms with Gasteiger partial charge < -0.3 is 10.2 Å². The number of amides is 1. The predicted molar refractivity (Wildman–Crippen MR) is 100 cm³/mol. The van der Waals surface area contributed by atoms with E-state index in [0.29, 0.717) is 24.0 Å². The molecular formula is C19H20N8O. The number of nitrogens with one attached hydrogen (secondary N) is 2. The molecule has 1 unspecified atom stereocenters. The number of carbonyl (C=O) groups excluding carboxylic acids is 1. The lowest BCUT2D eigenvalue weighted by atomic mass is 10.1. The Balaban J connectivity index is 1.25. The Bertz CT molecular complexity index is 953. The molecular weight excluding hydrogens is 356 g/mol. The molecule has 1 saturated heterocycles. The first-order chi connectivity index (χ1) is 13.7. The molecule has 0 bridgehead atoms. The molecule has 5 rings (SSSR count). The predicted octanol–water partition coefficient (Wildman–Crippen LogP) is 1.72. The van der Waals surface area contributed by atoms with Gasteiger partial charge in [0, 0.05) is 61.2 Å². The van der Waals surface area contributed by atoms with Gasteiger partial charge in [0.25, 0.3) is 5.91 Å². The highest BCUT2D eigenvalue weighted by atomic mass is 16.2. The largest absolute Gasteiger partial charge is 0.345 e. The van der Waals surface area contributed by atoms with Crippen molar-refractivity contribution in [3.63, 3.8) is 0 Å². The van der Waals surface area contributed by atoms with E-state index in [4.69, 9.17) is 0 Å². The number of anilines is 1. The summed E-state index contributed by atoms with van der Waals surface area (Å²) in [6.07, 6.45) is 13.0. The molecule has 1 aliphatic heterocycles. The van der Waals surface area contributed by atoms with E-state index in [1.165, 1.54) is 6.33 Å². The van der Waals surface area contributed by atoms with Crippen LogP contribution in [0.5, 0.6) is 0 Å². The maximum atomic E-state index is 12.8. The van der Waals surface area contributed by atoms with Crippen LogP contribution >= 0.6 is 0 Å². The molecule has 1 atom stereocenters. The van der Waals surface area contributed by atoms with Gasteiger partial charge in [-0.1, -0.05) is 0 Å². The number of nitrogens with zero attached hydrogens (tertiary/aromatic N) is 6. The molecule has 0 aromatic carbocycles. The standard InChI is InChI=1S/C19H20N8O/c28-17(27-6-2-13(11-27)16-1-5-24-26-16)14-7-22-18(23-8-14)25-19(3-4-19)15-9-20-12-21-10-15/h1,5,7-10,12-13H,2-4,6,11H2,(H,24,26)(H,22,23,25). The molecule has 28 heavy (non-hydrogen) atoms. The van der Waals surface area contributed by atoms with Crippen LogP contribution < -0.4 is 5.32 Å². The van der Waals surface area contributed by atoms with Crippen LogP contribution in [0.3, 0.4) is 0 Å². The second-order valence-corrected chi connectivity index (χ2v) is 7.38. The highest BCUT2D eigenvalue weighted by molar-refractivity contribution is 5.94. The van der Waals surface area contributed by atoms with Crippen LogP contribution in [0.4, 0.5) is 5.95 Å². The maximum absolute atomic E-state index is 12.8. The van der Waals surface area contributed by atoms with E-state index in [-0.39, 0.29) is 11.4 Å². The first-order valence-electron chi connectivity index (χ1n) is 9.38. The molecule has 1 amide bonds. The third kappa shape index (κ3) is 3.08. The zero-order valence-corrected chi connectivity index (χ0v) is 15.2. The summed E-state index contributed by atoms with van der Waals surface area (Å²) in [5.41, 5.74) is 2.41. The zero-order valence-electron chi connectivity index (χ0n) is 15.2. The van der Waals surface area contributed by atoms with Crippen molar-refractivity contribution < 1.29 is 4.79 Å². The fraction of sp³-hybridized carbons (Fsp3) is 0.368. The van der Waals surface area contributed by atoms with Crippen molar-refractivity contribution in [2.75, 3.05) is 18.4 Å². The van der Waals surface area contributed by atoms with Crippen molar-refractivity contribution in [3.05, 3.63) is 60.2 Å². The van der Waals surface area contributed by atoms with Gasteiger partial charge in [0.15, 0.2) is 0 Å². The number of carbonyl (C=O) groups is 1. The minimum Gasteiger partial charge on any atom is -0.345 e. The van der Waals surface area contributed by atoms with Gasteiger partial charge >= 0.3 is 0 Å². The topological polar surface area (TPSA) is 113 Å². The van der Waals surface area contributed by atoms with Gasteiger partial charge in [-0.05, 0) is 25.3 Å². The molecule has 1 aliphatic carbocycles. The van der Waals surface area contributed by atoms with Crippen LogP contribution in [0.25, 0.3) is 0 Å². The lowest BCUT2D eigenvalue weighted by Crippen LogP contribution is -2.29. The monoisotopic (exact) mass is 376 g/mol. The van der Waals surface area contributed by atoms with Gasteiger partial charge in [-0.3, -0.25) is 9.89 Å². The molecule has 3 aromatic rings. The summed E-state index contributed by atoms with van der Waals surface area (Å²) in [4.78, 5) is 31.5. The van der Waals surface area contributed by atoms with Crippen molar-refractivity contribution in [1.29, 1.82) is 0 Å². The van der Waals surface area contributed by atoms with Gasteiger partial charge in [0.2, 0.25) is 5.95 Å². The number of hydrogen-bond acceptors (Lipinski definition) is 7. The van der Waals surface area contributed by atoms with Gasteiger partial charge in [0.05, 0.1) is 11.1 Å². The normalized spacial score (nSPS) is 20.1. The fourth-order valence-corrected chi connectivity index (χ4v) is 3.75. The highest BCUT2D eigenvalue weighted by Crippen LogP contribution is 2.47. The van der Waals surface area contributed by atoms with Crippen LogP contribution in [0.15, 0.2) is 43.4 Å². The van der Waals surface area contributed by atoms with E-state index < -0.39 is 0 Å². The molecule has 9 heteroatoms. The van der Waals surface area contributed by atoms with Crippen LogP contribution in [0.2, 0.25) is 0 Å². The van der Waals surface area contributed by atoms with Crippen molar-refractivity contribution in [1.82, 2.24) is 35.0 Å². The Morgan fingerprint density at radius 3 is 2.64 bits per heavy atom. The Morgan fingerprint density at radius 1 is 1.18 bits per heavy atom. The Hall–Kier alpha value is -3.36. The van der Waals surface area contributed by atoms with Crippen molar-refractivity contribution in [2.24, 2.45) is 0 Å². The van der Waals surface area contributed by atoms with Crippen LogP contribution in [0, 0.1) is 0 Å². The van der Waals surface area contributed by atoms with Gasteiger partial charge in [-0.15, -0.1) is 0 Å². The summed E-state index contributed by atoms with van der Waals surface area (Å²) in [5, 5.41) is 10.4. The number of hydrogen-bond donors (Lipinski definition) is 2. The van der Waals surface area contributed by atoms with Crippen molar-refractivity contribution in [2.45, 2.75) is 30.7 Å². The Kier molecular flexibility index (Phi) is 4.00. The third-order valence-electron chi connectivity index (χ3n) is 5.55. The van der Waals surface area contributed by atoms with Crippen molar-refractivity contribution >= 4 is 11.9 Å². The fourth-order valence-electron chi connectivity index (χ4n) is 3.75. The lowest BCUT2D eigenvalue weighted by molar-refractivity contribution is 0.0790. The maximum Gasteiger partial charge on any atom is 0.257 e. The summed E-state index contributed by atoms with van der Waals surface area (Å²) in [6.45, 7) is 1.40. The smallest absolute Gasteiger partial charge is 0.257 e. The van der Waals surface area contributed by atoms with Crippen LogP contribution in [-0.2, 0) is 5.54 Å². The molecule has 9 nitrogen and oxygen atoms in total. The molecule has 0 radical (unpaired) electrons. The van der Waals surface area contributed by atoms with Gasteiger partial charge in [0.1, 0.15) is 6.33 Å². The van der Waals surface area contributed by atoms with E-state index in [2.05, 4.69) is 35.5 Å².